The Labute approximate surface area is 120 Å². The maximum atomic E-state index is 12.1. The Hall–Kier alpha value is -2.01. The fraction of sp³-hybridized carbons (Fsp3) is 0.250. The molecule has 0 aromatic heterocycles. The topological polar surface area (TPSA) is 21.3 Å². The first-order valence-corrected chi connectivity index (χ1v) is 6.67. The lowest BCUT2D eigenvalue weighted by Gasteiger charge is -2.13. The fourth-order valence-electron chi connectivity index (χ4n) is 2.62. The van der Waals surface area contributed by atoms with E-state index in [0.717, 1.165) is 18.5 Å². The summed E-state index contributed by atoms with van der Waals surface area (Å²) in [6.45, 7) is 0.829. The predicted octanol–water partition coefficient (Wildman–Crippen LogP) is 3.97. The fourth-order valence-corrected chi connectivity index (χ4v) is 2.62. The van der Waals surface area contributed by atoms with Crippen LogP contribution in [0.25, 0.3) is 0 Å². The van der Waals surface area contributed by atoms with Crippen molar-refractivity contribution >= 4 is 0 Å². The molecule has 5 heteroatoms. The van der Waals surface area contributed by atoms with E-state index in [1.807, 2.05) is 12.1 Å². The number of ether oxygens (including phenoxy) is 1. The van der Waals surface area contributed by atoms with Gasteiger partial charge in [0.1, 0.15) is 5.75 Å². The molecule has 21 heavy (non-hydrogen) atoms. The van der Waals surface area contributed by atoms with Crippen LogP contribution in [0.15, 0.2) is 48.5 Å². The maximum Gasteiger partial charge on any atom is 0.573 e. The molecule has 0 saturated carbocycles. The molecule has 0 bridgehead atoms. The van der Waals surface area contributed by atoms with E-state index in [9.17, 15) is 13.2 Å². The lowest BCUT2D eigenvalue weighted by atomic mass is 9.99. The number of fused-ring (bicyclic) bond motifs is 1. The molecule has 1 N–H and O–H groups in total. The molecule has 2 nitrogen and oxygen atoms in total. The Morgan fingerprint density at radius 1 is 1.05 bits per heavy atom. The van der Waals surface area contributed by atoms with Gasteiger partial charge in [0.15, 0.2) is 0 Å². The molecule has 1 atom stereocenters. The molecule has 1 aliphatic rings. The third-order valence-electron chi connectivity index (χ3n) is 3.57. The highest BCUT2D eigenvalue weighted by Gasteiger charge is 2.31. The lowest BCUT2D eigenvalue weighted by molar-refractivity contribution is -0.274. The van der Waals surface area contributed by atoms with Crippen LogP contribution in [-0.4, -0.2) is 6.36 Å². The van der Waals surface area contributed by atoms with Crippen LogP contribution in [0.3, 0.4) is 0 Å². The molecule has 2 aromatic carbocycles. The van der Waals surface area contributed by atoms with Gasteiger partial charge < -0.3 is 10.1 Å². The zero-order valence-corrected chi connectivity index (χ0v) is 11.2. The van der Waals surface area contributed by atoms with E-state index in [0.29, 0.717) is 0 Å². The van der Waals surface area contributed by atoms with Gasteiger partial charge in [-0.3, -0.25) is 0 Å². The van der Waals surface area contributed by atoms with Crippen molar-refractivity contribution in [3.8, 4) is 5.75 Å². The van der Waals surface area contributed by atoms with Gasteiger partial charge in [0.2, 0.25) is 0 Å². The Bertz CT molecular complexity index is 622. The Morgan fingerprint density at radius 2 is 1.76 bits per heavy atom. The summed E-state index contributed by atoms with van der Waals surface area (Å²) in [5, 5.41) is 3.41. The summed E-state index contributed by atoms with van der Waals surface area (Å²) in [6, 6.07) is 14.4. The van der Waals surface area contributed by atoms with Crippen LogP contribution in [0, 0.1) is 0 Å². The second-order valence-corrected chi connectivity index (χ2v) is 5.03. The normalized spacial score (nSPS) is 17.6. The van der Waals surface area contributed by atoms with Crippen molar-refractivity contribution in [3.05, 3.63) is 65.2 Å². The Morgan fingerprint density at radius 3 is 2.48 bits per heavy atom. The van der Waals surface area contributed by atoms with Gasteiger partial charge in [0, 0.05) is 12.6 Å². The molecule has 0 fully saturated rings. The van der Waals surface area contributed by atoms with Crippen LogP contribution >= 0.6 is 0 Å². The van der Waals surface area contributed by atoms with E-state index >= 15 is 0 Å². The Kier molecular flexibility index (Phi) is 3.59. The minimum atomic E-state index is -4.65. The van der Waals surface area contributed by atoms with Crippen LogP contribution in [0.1, 0.15) is 22.7 Å². The molecule has 0 spiro atoms. The highest BCUT2D eigenvalue weighted by atomic mass is 19.4. The van der Waals surface area contributed by atoms with Crippen molar-refractivity contribution < 1.29 is 17.9 Å². The number of halogens is 3. The summed E-state index contributed by atoms with van der Waals surface area (Å²) < 4.78 is 40.2. The number of alkyl halides is 3. The molecule has 0 saturated heterocycles. The molecule has 0 amide bonds. The van der Waals surface area contributed by atoms with Gasteiger partial charge in [-0.05, 0) is 35.2 Å². The molecule has 2 aromatic rings. The monoisotopic (exact) mass is 293 g/mol. The average molecular weight is 293 g/mol. The van der Waals surface area contributed by atoms with E-state index in [2.05, 4.69) is 22.2 Å². The second-order valence-electron chi connectivity index (χ2n) is 5.03. The average Bonchev–Trinajstić information content (AvgIpc) is 2.83. The molecule has 3 rings (SSSR count). The molecular formula is C16H14F3NO. The quantitative estimate of drug-likeness (QED) is 0.924. The zero-order chi connectivity index (χ0) is 14.9. The molecule has 0 aliphatic carbocycles. The number of hydrogen-bond donors (Lipinski definition) is 1. The van der Waals surface area contributed by atoms with Gasteiger partial charge in [-0.1, -0.05) is 36.4 Å². The smallest absolute Gasteiger partial charge is 0.406 e. The molecular weight excluding hydrogens is 279 g/mol. The van der Waals surface area contributed by atoms with Crippen molar-refractivity contribution in [1.82, 2.24) is 5.32 Å². The van der Waals surface area contributed by atoms with Gasteiger partial charge >= 0.3 is 6.36 Å². The van der Waals surface area contributed by atoms with Crippen molar-refractivity contribution in [1.29, 1.82) is 0 Å². The number of nitrogens with one attached hydrogen (secondary N) is 1. The summed E-state index contributed by atoms with van der Waals surface area (Å²) in [7, 11) is 0. The third-order valence-corrected chi connectivity index (χ3v) is 3.57. The number of rotatable bonds is 3. The first-order valence-electron chi connectivity index (χ1n) is 6.67. The van der Waals surface area contributed by atoms with E-state index in [-0.39, 0.29) is 11.8 Å². The van der Waals surface area contributed by atoms with Crippen LogP contribution in [0.4, 0.5) is 13.2 Å². The van der Waals surface area contributed by atoms with Crippen molar-refractivity contribution in [2.45, 2.75) is 25.4 Å². The van der Waals surface area contributed by atoms with E-state index in [1.165, 1.54) is 23.3 Å². The van der Waals surface area contributed by atoms with E-state index < -0.39 is 6.36 Å². The first-order chi connectivity index (χ1) is 10.0. The molecule has 1 aliphatic heterocycles. The van der Waals surface area contributed by atoms with Gasteiger partial charge in [-0.2, -0.15) is 0 Å². The molecule has 110 valence electrons. The standard InChI is InChI=1S/C16H14F3NO/c17-16(18,19)21-13-7-5-11(6-8-13)9-15-14-4-2-1-3-12(14)10-20-15/h1-8,15,20H,9-10H2. The van der Waals surface area contributed by atoms with Crippen LogP contribution < -0.4 is 10.1 Å². The molecule has 1 heterocycles. The summed E-state index contributed by atoms with van der Waals surface area (Å²) in [4.78, 5) is 0. The van der Waals surface area contributed by atoms with Gasteiger partial charge in [0.25, 0.3) is 0 Å². The van der Waals surface area contributed by atoms with Crippen molar-refractivity contribution in [3.63, 3.8) is 0 Å². The summed E-state index contributed by atoms with van der Waals surface area (Å²) in [5.41, 5.74) is 3.51. The number of benzene rings is 2. The third kappa shape index (κ3) is 3.36. The number of hydrogen-bond acceptors (Lipinski definition) is 2. The summed E-state index contributed by atoms with van der Waals surface area (Å²) >= 11 is 0. The van der Waals surface area contributed by atoms with Crippen LogP contribution in [-0.2, 0) is 13.0 Å². The predicted molar refractivity (Wildman–Crippen MR) is 72.9 cm³/mol. The summed E-state index contributed by atoms with van der Waals surface area (Å²) in [5.74, 6) is -0.189. The van der Waals surface area contributed by atoms with Gasteiger partial charge in [0.05, 0.1) is 0 Å². The lowest BCUT2D eigenvalue weighted by Crippen LogP contribution is -2.17. The van der Waals surface area contributed by atoms with Crippen molar-refractivity contribution in [2.24, 2.45) is 0 Å². The molecule has 0 radical (unpaired) electrons. The highest BCUT2D eigenvalue weighted by molar-refractivity contribution is 5.36. The second kappa shape index (κ2) is 5.41. The maximum absolute atomic E-state index is 12.1. The van der Waals surface area contributed by atoms with Crippen LogP contribution in [0.5, 0.6) is 5.75 Å². The minimum absolute atomic E-state index is 0.189. The van der Waals surface area contributed by atoms with E-state index in [1.54, 1.807) is 12.1 Å². The highest BCUT2D eigenvalue weighted by Crippen LogP contribution is 2.29. The SMILES string of the molecule is FC(F)(F)Oc1ccc(CC2NCc3ccccc32)cc1. The van der Waals surface area contributed by atoms with E-state index in [4.69, 9.17) is 0 Å². The van der Waals surface area contributed by atoms with Crippen LogP contribution in [0.2, 0.25) is 0 Å². The van der Waals surface area contributed by atoms with Gasteiger partial charge in [-0.15, -0.1) is 13.2 Å². The molecule has 1 unspecified atom stereocenters. The largest absolute Gasteiger partial charge is 0.573 e. The zero-order valence-electron chi connectivity index (χ0n) is 11.2. The Balaban J connectivity index is 1.69. The first kappa shape index (κ1) is 13.9. The van der Waals surface area contributed by atoms with Gasteiger partial charge in [-0.25, -0.2) is 0 Å². The summed E-state index contributed by atoms with van der Waals surface area (Å²) in [6.07, 6.45) is -3.91. The minimum Gasteiger partial charge on any atom is -0.406 e. The van der Waals surface area contributed by atoms with Crippen molar-refractivity contribution in [2.75, 3.05) is 0 Å².